The molecule has 0 N–H and O–H groups in total. The van der Waals surface area contributed by atoms with Crippen molar-refractivity contribution in [2.24, 2.45) is 0 Å². The fourth-order valence-electron chi connectivity index (χ4n) is 9.17. The predicted molar refractivity (Wildman–Crippen MR) is 226 cm³/mol. The van der Waals surface area contributed by atoms with Crippen molar-refractivity contribution in [3.05, 3.63) is 186 Å². The second-order valence-electron chi connectivity index (χ2n) is 17.1. The zero-order chi connectivity index (χ0) is 41.7. The van der Waals surface area contributed by atoms with Crippen LogP contribution in [0.1, 0.15) is 85.0 Å². The van der Waals surface area contributed by atoms with Gasteiger partial charge in [0.15, 0.2) is 0 Å². The summed E-state index contributed by atoms with van der Waals surface area (Å²) in [5.41, 5.74) is 7.66. The highest BCUT2D eigenvalue weighted by Gasteiger charge is 2.56. The monoisotopic (exact) mass is 790 g/mol. The number of nitrogens with zero attached hydrogens (tertiary/aromatic N) is 2. The highest BCUT2D eigenvalue weighted by molar-refractivity contribution is 5.65. The number of hydrogen-bond donors (Lipinski definition) is 0. The molecule has 2 aliphatic carbocycles. The molecular weight excluding hydrogens is 745 g/mol. The van der Waals surface area contributed by atoms with Crippen LogP contribution in [0, 0.1) is 34.1 Å². The summed E-state index contributed by atoms with van der Waals surface area (Å²) in [4.78, 5) is 23.0. The molecule has 59 heavy (non-hydrogen) atoms. The quantitative estimate of drug-likeness (QED) is 0.0886. The van der Waals surface area contributed by atoms with Crippen molar-refractivity contribution >= 4 is 11.4 Å². The van der Waals surface area contributed by atoms with E-state index >= 15 is 0 Å². The molecule has 8 rings (SSSR count). The maximum Gasteiger partial charge on any atom is 0.311 e. The van der Waals surface area contributed by atoms with Crippen LogP contribution >= 0.6 is 0 Å². The van der Waals surface area contributed by atoms with Crippen molar-refractivity contribution in [2.75, 3.05) is 0 Å². The molecule has 0 amide bonds. The van der Waals surface area contributed by atoms with Crippen molar-refractivity contribution in [3.8, 4) is 34.5 Å². The van der Waals surface area contributed by atoms with Crippen LogP contribution in [-0.2, 0) is 29.5 Å². The Labute approximate surface area is 343 Å². The van der Waals surface area contributed by atoms with E-state index in [-0.39, 0.29) is 52.3 Å². The standard InChI is InChI=1S/C49H46N2O8/c1-31-21-37-40(26-44(31)59-36-18-20-42(51(54)55)46(24-36)57-28-34-15-11-8-12-16-34)49(29-47(37,3)4)30-48(5,6)38-25-43(32(2)22-39(38)49)58-35-17-19-41(50(52)53)45(23-35)56-27-33-13-9-7-10-14-33/h7-26H,27-30H2,1-6H3. The highest BCUT2D eigenvalue weighted by Crippen LogP contribution is 2.64. The lowest BCUT2D eigenvalue weighted by atomic mass is 9.72. The molecule has 1 spiro atoms. The Balaban J connectivity index is 1.12. The molecule has 10 nitrogen and oxygen atoms in total. The van der Waals surface area contributed by atoms with Crippen molar-refractivity contribution in [2.45, 2.75) is 83.8 Å². The average molecular weight is 791 g/mol. The predicted octanol–water partition coefficient (Wildman–Crippen LogP) is 12.5. The van der Waals surface area contributed by atoms with Crippen molar-refractivity contribution in [1.29, 1.82) is 0 Å². The van der Waals surface area contributed by atoms with Gasteiger partial charge in [-0.2, -0.15) is 0 Å². The summed E-state index contributed by atoms with van der Waals surface area (Å²) in [6.07, 6.45) is 1.76. The highest BCUT2D eigenvalue weighted by atomic mass is 16.6. The Morgan fingerprint density at radius 3 is 1.34 bits per heavy atom. The summed E-state index contributed by atoms with van der Waals surface area (Å²) in [6, 6.07) is 37.1. The first-order valence-electron chi connectivity index (χ1n) is 19.7. The van der Waals surface area contributed by atoms with Crippen LogP contribution in [0.2, 0.25) is 0 Å². The van der Waals surface area contributed by atoms with Crippen LogP contribution in [0.4, 0.5) is 11.4 Å². The van der Waals surface area contributed by atoms with Gasteiger partial charge in [-0.25, -0.2) is 0 Å². The number of rotatable bonds is 12. The molecule has 2 aliphatic rings. The Morgan fingerprint density at radius 1 is 0.508 bits per heavy atom. The molecule has 0 aliphatic heterocycles. The third-order valence-corrected chi connectivity index (χ3v) is 11.8. The fourth-order valence-corrected chi connectivity index (χ4v) is 9.17. The Bertz CT molecular complexity index is 2600. The van der Waals surface area contributed by atoms with Gasteiger partial charge in [0.25, 0.3) is 0 Å². The van der Waals surface area contributed by atoms with Crippen LogP contribution in [0.25, 0.3) is 0 Å². The van der Waals surface area contributed by atoms with Crippen molar-refractivity contribution in [3.63, 3.8) is 0 Å². The number of benzene rings is 6. The van der Waals surface area contributed by atoms with Crippen LogP contribution < -0.4 is 18.9 Å². The lowest BCUT2D eigenvalue weighted by Crippen LogP contribution is -2.27. The van der Waals surface area contributed by atoms with Gasteiger partial charge in [-0.1, -0.05) is 100 Å². The maximum absolute atomic E-state index is 11.9. The molecule has 6 aromatic rings. The van der Waals surface area contributed by atoms with E-state index in [4.69, 9.17) is 18.9 Å². The molecule has 0 radical (unpaired) electrons. The van der Waals surface area contributed by atoms with E-state index < -0.39 is 9.85 Å². The molecule has 6 aromatic carbocycles. The van der Waals surface area contributed by atoms with Crippen LogP contribution in [0.5, 0.6) is 34.5 Å². The maximum atomic E-state index is 11.9. The summed E-state index contributed by atoms with van der Waals surface area (Å²) < 4.78 is 25.0. The Morgan fingerprint density at radius 2 is 0.898 bits per heavy atom. The van der Waals surface area contributed by atoms with Crippen LogP contribution in [0.15, 0.2) is 121 Å². The van der Waals surface area contributed by atoms with Gasteiger partial charge in [0.1, 0.15) is 36.2 Å². The van der Waals surface area contributed by atoms with Crippen LogP contribution in [-0.4, -0.2) is 9.85 Å². The molecule has 0 fully saturated rings. The minimum absolute atomic E-state index is 0.131. The van der Waals surface area contributed by atoms with Gasteiger partial charge in [-0.3, -0.25) is 20.2 Å². The second-order valence-corrected chi connectivity index (χ2v) is 17.1. The van der Waals surface area contributed by atoms with E-state index in [1.807, 2.05) is 74.5 Å². The van der Waals surface area contributed by atoms with Crippen LogP contribution in [0.3, 0.4) is 0 Å². The lowest BCUT2D eigenvalue weighted by molar-refractivity contribution is -0.386. The van der Waals surface area contributed by atoms with E-state index in [0.717, 1.165) is 35.1 Å². The molecule has 10 heteroatoms. The van der Waals surface area contributed by atoms with Crippen molar-refractivity contribution < 1.29 is 28.8 Å². The van der Waals surface area contributed by atoms with E-state index in [1.54, 1.807) is 24.3 Å². The molecule has 0 saturated heterocycles. The van der Waals surface area contributed by atoms with Gasteiger partial charge in [-0.05, 0) is 106 Å². The summed E-state index contributed by atoms with van der Waals surface area (Å²) in [6.45, 7) is 13.6. The van der Waals surface area contributed by atoms with E-state index in [1.165, 1.54) is 34.4 Å². The first kappa shape index (κ1) is 39.2. The SMILES string of the molecule is Cc1cc2c(cc1Oc1ccc([N+](=O)[O-])c(OCc3ccccc3)c1)C(C)(C)CC21CC(C)(C)c2cc(C)c(Oc3ccc([N+](=O)[O-])c(OCc4ccccc4)c3)cc21. The normalized spacial score (nSPS) is 16.9. The summed E-state index contributed by atoms with van der Waals surface area (Å²) in [5.74, 6) is 2.50. The molecule has 0 saturated carbocycles. The number of ether oxygens (including phenoxy) is 4. The molecule has 300 valence electrons. The lowest BCUT2D eigenvalue weighted by Gasteiger charge is -2.31. The topological polar surface area (TPSA) is 123 Å². The van der Waals surface area contributed by atoms with Gasteiger partial charge in [0.05, 0.1) is 9.85 Å². The van der Waals surface area contributed by atoms with Gasteiger partial charge in [-0.15, -0.1) is 0 Å². The number of nitro groups is 2. The first-order valence-corrected chi connectivity index (χ1v) is 19.7. The molecular formula is C49H46N2O8. The van der Waals surface area contributed by atoms with Gasteiger partial charge < -0.3 is 18.9 Å². The average Bonchev–Trinajstić information content (AvgIpc) is 3.55. The van der Waals surface area contributed by atoms with E-state index in [9.17, 15) is 20.2 Å². The smallest absolute Gasteiger partial charge is 0.311 e. The summed E-state index contributed by atoms with van der Waals surface area (Å²) in [5, 5.41) is 23.9. The molecule has 0 aromatic heterocycles. The van der Waals surface area contributed by atoms with Crippen molar-refractivity contribution in [1.82, 2.24) is 0 Å². The molecule has 0 bridgehead atoms. The van der Waals surface area contributed by atoms with Gasteiger partial charge in [0.2, 0.25) is 11.5 Å². The first-order chi connectivity index (χ1) is 28.1. The Kier molecular flexibility index (Phi) is 9.90. The third-order valence-electron chi connectivity index (χ3n) is 11.8. The minimum atomic E-state index is -0.448. The molecule has 1 atom stereocenters. The fraction of sp³-hybridized carbons (Fsp3) is 0.265. The zero-order valence-corrected chi connectivity index (χ0v) is 34.0. The summed E-state index contributed by atoms with van der Waals surface area (Å²) >= 11 is 0. The molecule has 1 unspecified atom stereocenters. The summed E-state index contributed by atoms with van der Waals surface area (Å²) in [7, 11) is 0. The molecule has 0 heterocycles. The van der Waals surface area contributed by atoms with Gasteiger partial charge in [0, 0.05) is 29.7 Å². The number of aryl methyl sites for hydroxylation is 2. The third kappa shape index (κ3) is 7.46. The number of nitro benzene ring substituents is 2. The van der Waals surface area contributed by atoms with E-state index in [0.29, 0.717) is 23.0 Å². The minimum Gasteiger partial charge on any atom is -0.482 e. The van der Waals surface area contributed by atoms with E-state index in [2.05, 4.69) is 52.0 Å². The van der Waals surface area contributed by atoms with Gasteiger partial charge >= 0.3 is 11.4 Å². The number of hydrogen-bond acceptors (Lipinski definition) is 8. The second kappa shape index (κ2) is 14.9. The number of fused-ring (bicyclic) bond motifs is 4. The largest absolute Gasteiger partial charge is 0.482 e. The Hall–Kier alpha value is -6.68. The zero-order valence-electron chi connectivity index (χ0n) is 34.0.